The smallest absolute Gasteiger partial charge is 0.344 e. The minimum absolute atomic E-state index is 0.0468. The lowest BCUT2D eigenvalue weighted by atomic mass is 9.69. The molecular weight excluding hydrogens is 268 g/mol. The largest absolute Gasteiger partial charge is 0.460 e. The Hall–Kier alpha value is -1.06. The van der Waals surface area contributed by atoms with E-state index in [1.54, 1.807) is 0 Å². The van der Waals surface area contributed by atoms with Crippen molar-refractivity contribution < 1.29 is 19.1 Å². The Morgan fingerprint density at radius 2 is 1.71 bits per heavy atom. The molecule has 2 aliphatic rings. The second-order valence-electron chi connectivity index (χ2n) is 8.15. The molecule has 0 N–H and O–H groups in total. The zero-order chi connectivity index (χ0) is 15.8. The normalized spacial score (nSPS) is 28.5. The predicted octanol–water partition coefficient (Wildman–Crippen LogP) is 3.33. The minimum Gasteiger partial charge on any atom is -0.460 e. The summed E-state index contributed by atoms with van der Waals surface area (Å²) in [5, 5.41) is 0. The van der Waals surface area contributed by atoms with E-state index in [2.05, 4.69) is 0 Å². The van der Waals surface area contributed by atoms with E-state index in [0.717, 1.165) is 12.3 Å². The molecule has 0 aromatic carbocycles. The third-order valence-corrected chi connectivity index (χ3v) is 5.66. The molecule has 0 aromatic heterocycles. The van der Waals surface area contributed by atoms with Crippen molar-refractivity contribution in [3.05, 3.63) is 0 Å². The van der Waals surface area contributed by atoms with E-state index in [1.807, 2.05) is 34.6 Å². The third-order valence-electron chi connectivity index (χ3n) is 5.66. The Bertz CT molecular complexity index is 419. The lowest BCUT2D eigenvalue weighted by molar-refractivity contribution is -0.172. The molecule has 4 nitrogen and oxygen atoms in total. The average Bonchev–Trinajstić information content (AvgIpc) is 2.96. The fourth-order valence-electron chi connectivity index (χ4n) is 3.14. The summed E-state index contributed by atoms with van der Waals surface area (Å²) in [5.41, 5.74) is -0.863. The monoisotopic (exact) mass is 296 g/mol. The van der Waals surface area contributed by atoms with Gasteiger partial charge in [-0.3, -0.25) is 4.79 Å². The first-order chi connectivity index (χ1) is 9.61. The summed E-state index contributed by atoms with van der Waals surface area (Å²) in [6.07, 6.45) is 4.66. The summed E-state index contributed by atoms with van der Waals surface area (Å²) in [7, 11) is 0. The lowest BCUT2D eigenvalue weighted by Crippen LogP contribution is -2.40. The molecule has 0 aromatic rings. The molecule has 3 atom stereocenters. The van der Waals surface area contributed by atoms with Crippen molar-refractivity contribution in [2.24, 2.45) is 22.7 Å². The second-order valence-corrected chi connectivity index (χ2v) is 8.15. The Morgan fingerprint density at radius 3 is 2.19 bits per heavy atom. The standard InChI is InChI=1S/C17H28O4/c1-16(2,3)17(4,5)15(19)20-10-14(18)21-13-9-11-6-7-12(13)8-11/h11-13H,6-10H2,1-5H3. The molecule has 0 saturated heterocycles. The van der Waals surface area contributed by atoms with Crippen LogP contribution in [-0.2, 0) is 19.1 Å². The molecule has 3 unspecified atom stereocenters. The van der Waals surface area contributed by atoms with Gasteiger partial charge in [0.15, 0.2) is 6.61 Å². The SMILES string of the molecule is CC(C)(C)C(C)(C)C(=O)OCC(=O)OC1CC2CCC1C2. The van der Waals surface area contributed by atoms with Gasteiger partial charge >= 0.3 is 11.9 Å². The molecule has 21 heavy (non-hydrogen) atoms. The van der Waals surface area contributed by atoms with E-state index in [9.17, 15) is 9.59 Å². The Balaban J connectivity index is 1.78. The van der Waals surface area contributed by atoms with Crippen LogP contribution in [0.1, 0.15) is 60.3 Å². The molecule has 0 spiro atoms. The Kier molecular flexibility index (Phi) is 4.36. The average molecular weight is 296 g/mol. The molecule has 2 rings (SSSR count). The van der Waals surface area contributed by atoms with Crippen LogP contribution in [0.25, 0.3) is 0 Å². The van der Waals surface area contributed by atoms with Crippen molar-refractivity contribution >= 4 is 11.9 Å². The fourth-order valence-corrected chi connectivity index (χ4v) is 3.14. The van der Waals surface area contributed by atoms with Crippen molar-refractivity contribution in [1.29, 1.82) is 0 Å². The van der Waals surface area contributed by atoms with E-state index < -0.39 is 11.4 Å². The molecule has 0 radical (unpaired) electrons. The minimum atomic E-state index is -0.639. The number of hydrogen-bond donors (Lipinski definition) is 0. The van der Waals surface area contributed by atoms with Crippen LogP contribution in [-0.4, -0.2) is 24.6 Å². The highest BCUT2D eigenvalue weighted by Crippen LogP contribution is 2.46. The van der Waals surface area contributed by atoms with Crippen molar-refractivity contribution in [3.63, 3.8) is 0 Å². The molecule has 2 aliphatic carbocycles. The number of carbonyl (C=O) groups is 2. The number of carbonyl (C=O) groups excluding carboxylic acids is 2. The highest BCUT2D eigenvalue weighted by atomic mass is 16.6. The molecule has 4 heteroatoms. The van der Waals surface area contributed by atoms with Crippen LogP contribution in [0.3, 0.4) is 0 Å². The lowest BCUT2D eigenvalue weighted by Gasteiger charge is -2.36. The molecule has 0 amide bonds. The van der Waals surface area contributed by atoms with E-state index in [1.165, 1.54) is 19.3 Å². The number of esters is 2. The van der Waals surface area contributed by atoms with Crippen LogP contribution in [0, 0.1) is 22.7 Å². The Labute approximate surface area is 127 Å². The van der Waals surface area contributed by atoms with Crippen LogP contribution >= 0.6 is 0 Å². The van der Waals surface area contributed by atoms with Gasteiger partial charge in [-0.05, 0) is 56.8 Å². The summed E-state index contributed by atoms with van der Waals surface area (Å²) < 4.78 is 10.6. The zero-order valence-electron chi connectivity index (χ0n) is 13.9. The van der Waals surface area contributed by atoms with Crippen LogP contribution < -0.4 is 0 Å². The van der Waals surface area contributed by atoms with Gasteiger partial charge in [0, 0.05) is 0 Å². The third kappa shape index (κ3) is 3.41. The number of fused-ring (bicyclic) bond motifs is 2. The van der Waals surface area contributed by atoms with Gasteiger partial charge in [0.1, 0.15) is 6.10 Å². The highest BCUT2D eigenvalue weighted by Gasteiger charge is 2.43. The summed E-state index contributed by atoms with van der Waals surface area (Å²) in [5.74, 6) is 0.501. The maximum atomic E-state index is 12.2. The molecule has 2 fully saturated rings. The molecule has 120 valence electrons. The molecule has 0 aliphatic heterocycles. The maximum Gasteiger partial charge on any atom is 0.344 e. The topological polar surface area (TPSA) is 52.6 Å². The first-order valence-electron chi connectivity index (χ1n) is 7.98. The van der Waals surface area contributed by atoms with Gasteiger partial charge < -0.3 is 9.47 Å². The van der Waals surface area contributed by atoms with E-state index in [-0.39, 0.29) is 24.1 Å². The van der Waals surface area contributed by atoms with Gasteiger partial charge in [0.05, 0.1) is 5.41 Å². The summed E-state index contributed by atoms with van der Waals surface area (Å²) in [4.78, 5) is 24.0. The van der Waals surface area contributed by atoms with E-state index >= 15 is 0 Å². The second kappa shape index (κ2) is 5.62. The predicted molar refractivity (Wildman–Crippen MR) is 79.5 cm³/mol. The molecule has 0 heterocycles. The summed E-state index contributed by atoms with van der Waals surface area (Å²) >= 11 is 0. The first-order valence-corrected chi connectivity index (χ1v) is 7.98. The van der Waals surface area contributed by atoms with Gasteiger partial charge in [-0.25, -0.2) is 4.79 Å². The van der Waals surface area contributed by atoms with Crippen LogP contribution in [0.15, 0.2) is 0 Å². The summed E-state index contributed by atoms with van der Waals surface area (Å²) in [6, 6.07) is 0. The number of rotatable bonds is 4. The van der Waals surface area contributed by atoms with Gasteiger partial charge in [-0.2, -0.15) is 0 Å². The zero-order valence-corrected chi connectivity index (χ0v) is 13.9. The van der Waals surface area contributed by atoms with Gasteiger partial charge in [0.2, 0.25) is 0 Å². The first kappa shape index (κ1) is 16.3. The molecule has 2 bridgehead atoms. The van der Waals surface area contributed by atoms with Gasteiger partial charge in [0.25, 0.3) is 0 Å². The fraction of sp³-hybridized carbons (Fsp3) is 0.882. The van der Waals surface area contributed by atoms with Crippen molar-refractivity contribution in [2.75, 3.05) is 6.61 Å². The maximum absolute atomic E-state index is 12.2. The van der Waals surface area contributed by atoms with Crippen molar-refractivity contribution in [3.8, 4) is 0 Å². The highest BCUT2D eigenvalue weighted by molar-refractivity contribution is 5.80. The quantitative estimate of drug-likeness (QED) is 0.747. The summed E-state index contributed by atoms with van der Waals surface area (Å²) in [6.45, 7) is 9.38. The number of hydrogen-bond acceptors (Lipinski definition) is 4. The van der Waals surface area contributed by atoms with E-state index in [0.29, 0.717) is 5.92 Å². The van der Waals surface area contributed by atoms with Crippen molar-refractivity contribution in [1.82, 2.24) is 0 Å². The van der Waals surface area contributed by atoms with Crippen LogP contribution in [0.5, 0.6) is 0 Å². The molecule has 2 saturated carbocycles. The van der Waals surface area contributed by atoms with Crippen LogP contribution in [0.2, 0.25) is 0 Å². The number of ether oxygens (including phenoxy) is 2. The van der Waals surface area contributed by atoms with Gasteiger partial charge in [-0.1, -0.05) is 20.8 Å². The van der Waals surface area contributed by atoms with Crippen LogP contribution in [0.4, 0.5) is 0 Å². The van der Waals surface area contributed by atoms with Crippen molar-refractivity contribution in [2.45, 2.75) is 66.4 Å². The molecular formula is C17H28O4. The van der Waals surface area contributed by atoms with Gasteiger partial charge in [-0.15, -0.1) is 0 Å². The Morgan fingerprint density at radius 1 is 1.05 bits per heavy atom. The van der Waals surface area contributed by atoms with E-state index in [4.69, 9.17) is 9.47 Å².